The summed E-state index contributed by atoms with van der Waals surface area (Å²) in [7, 11) is 0. The summed E-state index contributed by atoms with van der Waals surface area (Å²) in [5, 5.41) is 6.28. The number of pyridine rings is 1. The molecule has 114 valence electrons. The van der Waals surface area contributed by atoms with Gasteiger partial charge in [-0.3, -0.25) is 0 Å². The molecular weight excluding hydrogens is 300 g/mol. The van der Waals surface area contributed by atoms with Crippen molar-refractivity contribution < 1.29 is 4.79 Å². The molecule has 1 saturated heterocycles. The molecule has 0 spiro atoms. The van der Waals surface area contributed by atoms with E-state index in [9.17, 15) is 4.79 Å². The number of nitrogens with zero attached hydrogens (tertiary/aromatic N) is 2. The van der Waals surface area contributed by atoms with Crippen molar-refractivity contribution >= 4 is 29.1 Å². The third-order valence-electron chi connectivity index (χ3n) is 3.62. The second-order valence-electron chi connectivity index (χ2n) is 5.20. The van der Waals surface area contributed by atoms with Crippen LogP contribution in [0.5, 0.6) is 0 Å². The van der Waals surface area contributed by atoms with Crippen molar-refractivity contribution in [1.29, 1.82) is 0 Å². The number of para-hydroxylation sites is 1. The number of anilines is 2. The summed E-state index contributed by atoms with van der Waals surface area (Å²) in [4.78, 5) is 18.5. The summed E-state index contributed by atoms with van der Waals surface area (Å²) < 4.78 is 0. The zero-order valence-corrected chi connectivity index (χ0v) is 12.8. The van der Waals surface area contributed by atoms with Crippen molar-refractivity contribution in [3.63, 3.8) is 0 Å². The van der Waals surface area contributed by atoms with E-state index >= 15 is 0 Å². The molecular formula is C16H17ClN4O. The number of rotatable bonds is 3. The van der Waals surface area contributed by atoms with Crippen molar-refractivity contribution in [2.24, 2.45) is 0 Å². The highest BCUT2D eigenvalue weighted by Gasteiger charge is 2.24. The summed E-state index contributed by atoms with van der Waals surface area (Å²) in [6.07, 6.45) is 2.67. The van der Waals surface area contributed by atoms with E-state index in [-0.39, 0.29) is 12.1 Å². The number of benzene rings is 1. The molecule has 2 heterocycles. The third kappa shape index (κ3) is 3.49. The van der Waals surface area contributed by atoms with Gasteiger partial charge < -0.3 is 15.5 Å². The summed E-state index contributed by atoms with van der Waals surface area (Å²) in [5.41, 5.74) is 0.612. The molecule has 2 N–H and O–H groups in total. The molecule has 0 saturated carbocycles. The van der Waals surface area contributed by atoms with Crippen LogP contribution in [0.25, 0.3) is 0 Å². The van der Waals surface area contributed by atoms with E-state index in [0.29, 0.717) is 10.7 Å². The van der Waals surface area contributed by atoms with Gasteiger partial charge in [0.2, 0.25) is 0 Å². The Bertz CT molecular complexity index is 650. The van der Waals surface area contributed by atoms with E-state index in [1.807, 2.05) is 30.3 Å². The Morgan fingerprint density at radius 2 is 2.05 bits per heavy atom. The van der Waals surface area contributed by atoms with Crippen LogP contribution < -0.4 is 15.5 Å². The van der Waals surface area contributed by atoms with Crippen LogP contribution in [-0.2, 0) is 0 Å². The van der Waals surface area contributed by atoms with Crippen molar-refractivity contribution in [3.05, 3.63) is 53.7 Å². The van der Waals surface area contributed by atoms with Gasteiger partial charge in [0.15, 0.2) is 0 Å². The maximum Gasteiger partial charge on any atom is 0.319 e. The van der Waals surface area contributed by atoms with Gasteiger partial charge in [0.1, 0.15) is 5.82 Å². The number of nitrogens with one attached hydrogen (secondary N) is 2. The van der Waals surface area contributed by atoms with Crippen LogP contribution in [0.1, 0.15) is 6.42 Å². The zero-order chi connectivity index (χ0) is 15.4. The second kappa shape index (κ2) is 6.66. The molecule has 6 heteroatoms. The molecule has 22 heavy (non-hydrogen) atoms. The highest BCUT2D eigenvalue weighted by atomic mass is 35.5. The van der Waals surface area contributed by atoms with Crippen LogP contribution >= 0.6 is 11.6 Å². The highest BCUT2D eigenvalue weighted by Crippen LogP contribution is 2.21. The first-order valence-electron chi connectivity index (χ1n) is 7.20. The van der Waals surface area contributed by atoms with Crippen molar-refractivity contribution in [2.75, 3.05) is 23.3 Å². The molecule has 1 aromatic heterocycles. The van der Waals surface area contributed by atoms with Gasteiger partial charge in [-0.15, -0.1) is 0 Å². The van der Waals surface area contributed by atoms with E-state index in [4.69, 9.17) is 11.6 Å². The number of aromatic nitrogens is 1. The van der Waals surface area contributed by atoms with Crippen LogP contribution in [0.4, 0.5) is 16.3 Å². The Balaban J connectivity index is 1.54. The fourth-order valence-corrected chi connectivity index (χ4v) is 2.72. The average molecular weight is 317 g/mol. The molecule has 1 aliphatic heterocycles. The van der Waals surface area contributed by atoms with Gasteiger partial charge in [-0.25, -0.2) is 9.78 Å². The largest absolute Gasteiger partial charge is 0.354 e. The summed E-state index contributed by atoms with van der Waals surface area (Å²) in [6, 6.07) is 12.9. The summed E-state index contributed by atoms with van der Waals surface area (Å²) >= 11 is 6.03. The Kier molecular flexibility index (Phi) is 4.44. The smallest absolute Gasteiger partial charge is 0.319 e. The third-order valence-corrected chi connectivity index (χ3v) is 3.95. The van der Waals surface area contributed by atoms with Gasteiger partial charge in [0.25, 0.3) is 0 Å². The van der Waals surface area contributed by atoms with E-state index in [0.717, 1.165) is 25.3 Å². The van der Waals surface area contributed by atoms with E-state index in [1.165, 1.54) is 0 Å². The second-order valence-corrected chi connectivity index (χ2v) is 5.61. The number of halogens is 1. The minimum Gasteiger partial charge on any atom is -0.354 e. The number of hydrogen-bond donors (Lipinski definition) is 2. The van der Waals surface area contributed by atoms with Crippen molar-refractivity contribution in [1.82, 2.24) is 10.3 Å². The first-order chi connectivity index (χ1) is 10.7. The Labute approximate surface area is 134 Å². The average Bonchev–Trinajstić information content (AvgIpc) is 2.99. The molecule has 1 aromatic carbocycles. The normalized spacial score (nSPS) is 17.3. The summed E-state index contributed by atoms with van der Waals surface area (Å²) in [6.45, 7) is 1.64. The Morgan fingerprint density at radius 1 is 1.23 bits per heavy atom. The molecule has 1 fully saturated rings. The molecule has 0 aliphatic carbocycles. The molecule has 0 unspecified atom stereocenters. The minimum absolute atomic E-state index is 0.101. The van der Waals surface area contributed by atoms with Gasteiger partial charge in [0.05, 0.1) is 10.7 Å². The molecule has 0 radical (unpaired) electrons. The van der Waals surface area contributed by atoms with Crippen LogP contribution in [0.3, 0.4) is 0 Å². The van der Waals surface area contributed by atoms with Gasteiger partial charge in [-0.2, -0.15) is 0 Å². The molecule has 1 atom stereocenters. The van der Waals surface area contributed by atoms with Gasteiger partial charge in [0, 0.05) is 25.3 Å². The predicted octanol–water partition coefficient (Wildman–Crippen LogP) is 3.14. The van der Waals surface area contributed by atoms with Gasteiger partial charge >= 0.3 is 6.03 Å². The number of carbonyl (C=O) groups excluding carboxylic acids is 1. The molecule has 0 bridgehead atoms. The lowest BCUT2D eigenvalue weighted by Crippen LogP contribution is -2.39. The standard InChI is InChI=1S/C16H17ClN4O/c17-13-5-1-2-6-14(13)20-16(22)19-12-8-10-21(11-12)15-7-3-4-9-18-15/h1-7,9,12H,8,10-11H2,(H2,19,20,22)/t12-/m1/s1. The zero-order valence-electron chi connectivity index (χ0n) is 12.0. The van der Waals surface area contributed by atoms with E-state index in [2.05, 4.69) is 20.5 Å². The number of amides is 2. The van der Waals surface area contributed by atoms with Gasteiger partial charge in [-0.1, -0.05) is 29.8 Å². The molecule has 2 amide bonds. The fourth-order valence-electron chi connectivity index (χ4n) is 2.53. The number of hydrogen-bond acceptors (Lipinski definition) is 3. The molecule has 1 aliphatic rings. The van der Waals surface area contributed by atoms with E-state index < -0.39 is 0 Å². The first kappa shape index (κ1) is 14.7. The molecule has 5 nitrogen and oxygen atoms in total. The lowest BCUT2D eigenvalue weighted by atomic mass is 10.3. The lowest BCUT2D eigenvalue weighted by molar-refractivity contribution is 0.249. The van der Waals surface area contributed by atoms with Crippen LogP contribution in [0.15, 0.2) is 48.7 Å². The topological polar surface area (TPSA) is 57.3 Å². The van der Waals surface area contributed by atoms with Crippen LogP contribution in [-0.4, -0.2) is 30.1 Å². The molecule has 2 aromatic rings. The summed E-state index contributed by atoms with van der Waals surface area (Å²) in [5.74, 6) is 0.943. The van der Waals surface area contributed by atoms with Crippen LogP contribution in [0.2, 0.25) is 5.02 Å². The maximum atomic E-state index is 12.0. The monoisotopic (exact) mass is 316 g/mol. The predicted molar refractivity (Wildman–Crippen MR) is 88.5 cm³/mol. The number of urea groups is 1. The quantitative estimate of drug-likeness (QED) is 0.914. The number of carbonyl (C=O) groups is 1. The SMILES string of the molecule is O=C(Nc1ccccc1Cl)N[C@@H]1CCN(c2ccccn2)C1. The lowest BCUT2D eigenvalue weighted by Gasteiger charge is -2.18. The van der Waals surface area contributed by atoms with Crippen LogP contribution in [0, 0.1) is 0 Å². The van der Waals surface area contributed by atoms with Gasteiger partial charge in [-0.05, 0) is 30.7 Å². The van der Waals surface area contributed by atoms with Crippen molar-refractivity contribution in [2.45, 2.75) is 12.5 Å². The molecule has 3 rings (SSSR count). The Morgan fingerprint density at radius 3 is 2.82 bits per heavy atom. The van der Waals surface area contributed by atoms with E-state index in [1.54, 1.807) is 18.3 Å². The highest BCUT2D eigenvalue weighted by molar-refractivity contribution is 6.33. The fraction of sp³-hybridized carbons (Fsp3) is 0.250. The minimum atomic E-state index is -0.235. The van der Waals surface area contributed by atoms with Crippen molar-refractivity contribution in [3.8, 4) is 0 Å². The Hall–Kier alpha value is -2.27. The maximum absolute atomic E-state index is 12.0. The first-order valence-corrected chi connectivity index (χ1v) is 7.58.